The average Bonchev–Trinajstić information content (AvgIpc) is 3.14. The Kier molecular flexibility index (Phi) is 6.78. The quantitative estimate of drug-likeness (QED) is 0.674. The smallest absolute Gasteiger partial charge is 0.407 e. The van der Waals surface area contributed by atoms with Crippen molar-refractivity contribution in [2.75, 3.05) is 13.2 Å². The lowest BCUT2D eigenvalue weighted by Gasteiger charge is -2.26. The van der Waals surface area contributed by atoms with Gasteiger partial charge in [-0.1, -0.05) is 44.5 Å². The molecule has 5 heteroatoms. The van der Waals surface area contributed by atoms with Crippen LogP contribution in [0.3, 0.4) is 0 Å². The van der Waals surface area contributed by atoms with E-state index in [1.807, 2.05) is 24.3 Å². The van der Waals surface area contributed by atoms with Crippen LogP contribution in [0.1, 0.15) is 51.2 Å². The summed E-state index contributed by atoms with van der Waals surface area (Å²) < 4.78 is 24.2. The highest BCUT2D eigenvalue weighted by Gasteiger charge is 2.29. The minimum Gasteiger partial charge on any atom is -0.493 e. The Morgan fingerprint density at radius 2 is 1.69 bits per heavy atom. The van der Waals surface area contributed by atoms with Crippen LogP contribution in [-0.2, 0) is 10.2 Å². The second kappa shape index (κ2) is 9.29. The number of carbonyl (C=O) groups is 1. The van der Waals surface area contributed by atoms with E-state index < -0.39 is 0 Å². The first kappa shape index (κ1) is 21.2. The summed E-state index contributed by atoms with van der Waals surface area (Å²) in [5, 5.41) is 2.95. The van der Waals surface area contributed by atoms with E-state index in [4.69, 9.17) is 9.47 Å². The van der Waals surface area contributed by atoms with E-state index in [0.717, 1.165) is 36.1 Å². The van der Waals surface area contributed by atoms with E-state index in [0.29, 0.717) is 13.2 Å². The number of carbonyl (C=O) groups excluding carboxylic acids is 1. The summed E-state index contributed by atoms with van der Waals surface area (Å²) in [7, 11) is 0. The fourth-order valence-corrected chi connectivity index (χ4v) is 3.95. The number of benzene rings is 2. The van der Waals surface area contributed by atoms with E-state index in [2.05, 4.69) is 31.3 Å². The van der Waals surface area contributed by atoms with Gasteiger partial charge in [-0.15, -0.1) is 0 Å². The van der Waals surface area contributed by atoms with Crippen molar-refractivity contribution in [2.24, 2.45) is 5.92 Å². The van der Waals surface area contributed by atoms with Gasteiger partial charge in [0.15, 0.2) is 0 Å². The maximum absolute atomic E-state index is 13.2. The van der Waals surface area contributed by atoms with Gasteiger partial charge in [0, 0.05) is 17.4 Å². The lowest BCUT2D eigenvalue weighted by Crippen LogP contribution is -2.39. The molecule has 1 fully saturated rings. The third-order valence-corrected chi connectivity index (χ3v) is 5.84. The highest BCUT2D eigenvalue weighted by atomic mass is 19.1. The normalized spacial score (nSPS) is 19.0. The summed E-state index contributed by atoms with van der Waals surface area (Å²) in [5.74, 6) is 0.871. The Balaban J connectivity index is 1.59. The van der Waals surface area contributed by atoms with E-state index in [1.54, 1.807) is 6.92 Å². The fourth-order valence-electron chi connectivity index (χ4n) is 3.95. The van der Waals surface area contributed by atoms with Crippen molar-refractivity contribution in [3.63, 3.8) is 0 Å². The molecule has 1 amide bonds. The number of nitrogens with one attached hydrogen (secondary N) is 1. The summed E-state index contributed by atoms with van der Waals surface area (Å²) >= 11 is 0. The second-order valence-electron chi connectivity index (χ2n) is 8.13. The van der Waals surface area contributed by atoms with Crippen LogP contribution < -0.4 is 10.1 Å². The molecular formula is C24H30FNO3. The molecule has 0 aliphatic heterocycles. The van der Waals surface area contributed by atoms with Gasteiger partial charge in [-0.05, 0) is 55.2 Å². The minimum absolute atomic E-state index is 0.103. The van der Waals surface area contributed by atoms with Gasteiger partial charge in [0.05, 0.1) is 13.2 Å². The molecule has 3 rings (SSSR count). The average molecular weight is 400 g/mol. The number of hydrogen-bond acceptors (Lipinski definition) is 3. The molecule has 156 valence electrons. The zero-order valence-corrected chi connectivity index (χ0v) is 17.4. The highest BCUT2D eigenvalue weighted by Crippen LogP contribution is 2.33. The van der Waals surface area contributed by atoms with Crippen LogP contribution in [0.25, 0.3) is 0 Å². The number of halogens is 1. The van der Waals surface area contributed by atoms with E-state index >= 15 is 0 Å². The fraction of sp³-hybridized carbons (Fsp3) is 0.458. The van der Waals surface area contributed by atoms with Crippen LogP contribution in [0.4, 0.5) is 9.18 Å². The van der Waals surface area contributed by atoms with Crippen molar-refractivity contribution in [1.82, 2.24) is 5.32 Å². The molecule has 2 aromatic carbocycles. The van der Waals surface area contributed by atoms with Crippen LogP contribution in [-0.4, -0.2) is 25.3 Å². The lowest BCUT2D eigenvalue weighted by molar-refractivity contribution is 0.141. The van der Waals surface area contributed by atoms with Gasteiger partial charge in [0.25, 0.3) is 0 Å². The first-order chi connectivity index (χ1) is 13.9. The van der Waals surface area contributed by atoms with Gasteiger partial charge in [0.1, 0.15) is 11.6 Å². The lowest BCUT2D eigenvalue weighted by atomic mass is 9.78. The number of hydrogen-bond donors (Lipinski definition) is 1. The summed E-state index contributed by atoms with van der Waals surface area (Å²) in [6, 6.07) is 14.8. The van der Waals surface area contributed by atoms with Crippen LogP contribution in [0.5, 0.6) is 5.75 Å². The predicted molar refractivity (Wildman–Crippen MR) is 112 cm³/mol. The molecule has 0 heterocycles. The van der Waals surface area contributed by atoms with Crippen molar-refractivity contribution in [1.29, 1.82) is 0 Å². The molecule has 2 atom stereocenters. The standard InChI is InChI=1S/C24H30FNO3/c1-4-28-23(27)26-22-7-5-6-17(22)16-29-21-14-10-19(11-15-21)24(2,3)18-8-12-20(25)13-9-18/h8-15,17,22H,4-7,16H2,1-3H3,(H,26,27). The minimum atomic E-state index is -0.350. The van der Waals surface area contributed by atoms with E-state index in [9.17, 15) is 9.18 Å². The van der Waals surface area contributed by atoms with Gasteiger partial charge < -0.3 is 14.8 Å². The molecule has 1 N–H and O–H groups in total. The molecule has 2 aromatic rings. The van der Waals surface area contributed by atoms with Gasteiger partial charge in [-0.2, -0.15) is 0 Å². The number of alkyl carbamates (subject to hydrolysis) is 1. The zero-order valence-electron chi connectivity index (χ0n) is 17.4. The van der Waals surface area contributed by atoms with Crippen molar-refractivity contribution in [2.45, 2.75) is 51.5 Å². The van der Waals surface area contributed by atoms with E-state index in [1.165, 1.54) is 12.1 Å². The van der Waals surface area contributed by atoms with Crippen molar-refractivity contribution < 1.29 is 18.7 Å². The summed E-state index contributed by atoms with van der Waals surface area (Å²) in [6.45, 7) is 6.99. The molecule has 4 nitrogen and oxygen atoms in total. The predicted octanol–water partition coefficient (Wildman–Crippen LogP) is 5.45. The van der Waals surface area contributed by atoms with Gasteiger partial charge in [-0.3, -0.25) is 0 Å². The maximum atomic E-state index is 13.2. The summed E-state index contributed by atoms with van der Waals surface area (Å²) in [4.78, 5) is 11.7. The van der Waals surface area contributed by atoms with Gasteiger partial charge in [-0.25, -0.2) is 9.18 Å². The zero-order chi connectivity index (χ0) is 20.9. The van der Waals surface area contributed by atoms with Gasteiger partial charge in [0.2, 0.25) is 0 Å². The third kappa shape index (κ3) is 5.28. The van der Waals surface area contributed by atoms with Gasteiger partial charge >= 0.3 is 6.09 Å². The first-order valence-electron chi connectivity index (χ1n) is 10.3. The molecule has 1 saturated carbocycles. The molecule has 1 aliphatic rings. The largest absolute Gasteiger partial charge is 0.493 e. The molecule has 0 bridgehead atoms. The van der Waals surface area contributed by atoms with Crippen LogP contribution in [0.2, 0.25) is 0 Å². The summed E-state index contributed by atoms with van der Waals surface area (Å²) in [6.07, 6.45) is 2.72. The molecular weight excluding hydrogens is 369 g/mol. The highest BCUT2D eigenvalue weighted by molar-refractivity contribution is 5.67. The Bertz CT molecular complexity index is 802. The van der Waals surface area contributed by atoms with E-state index in [-0.39, 0.29) is 29.3 Å². The molecule has 2 unspecified atom stereocenters. The Hall–Kier alpha value is -2.56. The second-order valence-corrected chi connectivity index (χ2v) is 8.13. The van der Waals surface area contributed by atoms with Crippen LogP contribution in [0, 0.1) is 11.7 Å². The number of ether oxygens (including phenoxy) is 2. The van der Waals surface area contributed by atoms with Crippen LogP contribution >= 0.6 is 0 Å². The SMILES string of the molecule is CCOC(=O)NC1CCCC1COc1ccc(C(C)(C)c2ccc(F)cc2)cc1. The third-order valence-electron chi connectivity index (χ3n) is 5.84. The van der Waals surface area contributed by atoms with Crippen molar-refractivity contribution in [3.05, 3.63) is 65.5 Å². The molecule has 0 radical (unpaired) electrons. The topological polar surface area (TPSA) is 47.6 Å². The molecule has 0 aromatic heterocycles. The first-order valence-corrected chi connectivity index (χ1v) is 10.3. The monoisotopic (exact) mass is 399 g/mol. The Morgan fingerprint density at radius 1 is 1.07 bits per heavy atom. The summed E-state index contributed by atoms with van der Waals surface area (Å²) in [5.41, 5.74) is 1.97. The Morgan fingerprint density at radius 3 is 2.31 bits per heavy atom. The molecule has 1 aliphatic carbocycles. The van der Waals surface area contributed by atoms with Crippen molar-refractivity contribution >= 4 is 6.09 Å². The molecule has 0 spiro atoms. The number of amides is 1. The van der Waals surface area contributed by atoms with Crippen molar-refractivity contribution in [3.8, 4) is 5.75 Å². The Labute approximate surface area is 172 Å². The number of rotatable bonds is 7. The van der Waals surface area contributed by atoms with Crippen LogP contribution in [0.15, 0.2) is 48.5 Å². The maximum Gasteiger partial charge on any atom is 0.407 e. The molecule has 29 heavy (non-hydrogen) atoms. The molecule has 0 saturated heterocycles.